The average molecular weight is 269 g/mol. The van der Waals surface area contributed by atoms with Crippen molar-refractivity contribution < 1.29 is 9.90 Å². The Labute approximate surface area is 97.4 Å². The fourth-order valence-corrected chi connectivity index (χ4v) is 2.86. The summed E-state index contributed by atoms with van der Waals surface area (Å²) in [5.41, 5.74) is 1.99. The number of aliphatic carboxylic acids is 1. The van der Waals surface area contributed by atoms with Crippen LogP contribution in [0.15, 0.2) is 24.3 Å². The number of carboxylic acids is 1. The molecule has 3 heteroatoms. The largest absolute Gasteiger partial charge is 0.480 e. The smallest absolute Gasteiger partial charge is 0.321 e. The second kappa shape index (κ2) is 3.08. The van der Waals surface area contributed by atoms with Crippen molar-refractivity contribution in [2.45, 2.75) is 30.0 Å². The highest BCUT2D eigenvalue weighted by atomic mass is 79.9. The van der Waals surface area contributed by atoms with Gasteiger partial charge in [0.1, 0.15) is 4.32 Å². The van der Waals surface area contributed by atoms with Crippen molar-refractivity contribution in [3.63, 3.8) is 0 Å². The number of carbonyl (C=O) groups is 1. The van der Waals surface area contributed by atoms with Crippen LogP contribution in [0.3, 0.4) is 0 Å². The third kappa shape index (κ3) is 1.41. The molecule has 0 bridgehead atoms. The molecule has 0 spiro atoms. The van der Waals surface area contributed by atoms with E-state index in [1.807, 2.05) is 32.0 Å². The predicted octanol–water partition coefficient (Wildman–Crippen LogP) is 2.87. The molecule has 0 aliphatic heterocycles. The lowest BCUT2D eigenvalue weighted by molar-refractivity contribution is -0.137. The molecular weight excluding hydrogens is 256 g/mol. The normalized spacial score (nSPS) is 33.8. The minimum absolute atomic E-state index is 0.273. The van der Waals surface area contributed by atoms with Gasteiger partial charge in [-0.2, -0.15) is 0 Å². The zero-order valence-corrected chi connectivity index (χ0v) is 10.3. The van der Waals surface area contributed by atoms with Crippen LogP contribution in [0.4, 0.5) is 0 Å². The Hall–Kier alpha value is -0.830. The Morgan fingerprint density at radius 2 is 2.20 bits per heavy atom. The molecule has 0 aromatic heterocycles. The van der Waals surface area contributed by atoms with Crippen LogP contribution in [-0.2, 0) is 10.2 Å². The van der Waals surface area contributed by atoms with Crippen molar-refractivity contribution in [3.05, 3.63) is 35.4 Å². The maximum atomic E-state index is 11.1. The topological polar surface area (TPSA) is 37.3 Å². The third-order valence-electron chi connectivity index (χ3n) is 3.34. The SMILES string of the molecule is Cc1cccc([C@]2(C)C[C@]2(Br)C(=O)O)c1. The number of alkyl halides is 1. The summed E-state index contributed by atoms with van der Waals surface area (Å²) in [5, 5.41) is 9.13. The van der Waals surface area contributed by atoms with Crippen molar-refractivity contribution in [3.8, 4) is 0 Å². The first kappa shape index (κ1) is 10.7. The van der Waals surface area contributed by atoms with Crippen molar-refractivity contribution in [1.82, 2.24) is 0 Å². The average Bonchev–Trinajstić information content (AvgIpc) is 2.73. The summed E-state index contributed by atoms with van der Waals surface area (Å²) in [6.07, 6.45) is 0.652. The van der Waals surface area contributed by atoms with Crippen LogP contribution in [0.1, 0.15) is 24.5 Å². The summed E-state index contributed by atoms with van der Waals surface area (Å²) in [6.45, 7) is 4.01. The molecule has 1 fully saturated rings. The molecule has 1 aromatic carbocycles. The monoisotopic (exact) mass is 268 g/mol. The minimum Gasteiger partial charge on any atom is -0.480 e. The Bertz CT molecular complexity index is 429. The molecule has 1 N–H and O–H groups in total. The Balaban J connectivity index is 2.39. The molecule has 0 radical (unpaired) electrons. The van der Waals surface area contributed by atoms with Gasteiger partial charge in [0.05, 0.1) is 0 Å². The van der Waals surface area contributed by atoms with E-state index in [0.717, 1.165) is 5.56 Å². The first-order valence-electron chi connectivity index (χ1n) is 4.90. The van der Waals surface area contributed by atoms with Gasteiger partial charge in [0, 0.05) is 5.41 Å². The van der Waals surface area contributed by atoms with Gasteiger partial charge in [0.25, 0.3) is 0 Å². The maximum Gasteiger partial charge on any atom is 0.321 e. The van der Waals surface area contributed by atoms with Crippen LogP contribution in [0, 0.1) is 6.92 Å². The molecule has 2 rings (SSSR count). The van der Waals surface area contributed by atoms with Gasteiger partial charge in [-0.1, -0.05) is 52.7 Å². The lowest BCUT2D eigenvalue weighted by Crippen LogP contribution is -2.24. The summed E-state index contributed by atoms with van der Waals surface area (Å²) in [4.78, 5) is 11.1. The van der Waals surface area contributed by atoms with E-state index in [0.29, 0.717) is 6.42 Å². The third-order valence-corrected chi connectivity index (χ3v) is 4.84. The van der Waals surface area contributed by atoms with Gasteiger partial charge in [-0.05, 0) is 18.9 Å². The second-order valence-corrected chi connectivity index (χ2v) is 5.84. The van der Waals surface area contributed by atoms with Gasteiger partial charge in [-0.15, -0.1) is 0 Å². The highest BCUT2D eigenvalue weighted by molar-refractivity contribution is 9.10. The van der Waals surface area contributed by atoms with E-state index in [2.05, 4.69) is 22.0 Å². The van der Waals surface area contributed by atoms with Gasteiger partial charge in [0.2, 0.25) is 0 Å². The molecular formula is C12H13BrO2. The zero-order valence-electron chi connectivity index (χ0n) is 8.75. The quantitative estimate of drug-likeness (QED) is 0.838. The van der Waals surface area contributed by atoms with E-state index in [9.17, 15) is 4.79 Å². The molecule has 0 saturated heterocycles. The molecule has 1 aliphatic carbocycles. The maximum absolute atomic E-state index is 11.1. The number of hydrogen-bond acceptors (Lipinski definition) is 1. The van der Waals surface area contributed by atoms with Crippen LogP contribution in [0.2, 0.25) is 0 Å². The zero-order chi connectivity index (χ0) is 11.3. The fourth-order valence-electron chi connectivity index (χ4n) is 2.07. The highest BCUT2D eigenvalue weighted by Gasteiger charge is 2.69. The molecule has 80 valence electrons. The number of halogens is 1. The molecule has 1 aliphatic rings. The van der Waals surface area contributed by atoms with Crippen LogP contribution in [0.25, 0.3) is 0 Å². The second-order valence-electron chi connectivity index (χ2n) is 4.48. The number of aryl methyl sites for hydroxylation is 1. The highest BCUT2D eigenvalue weighted by Crippen LogP contribution is 2.63. The van der Waals surface area contributed by atoms with Crippen LogP contribution in [-0.4, -0.2) is 15.4 Å². The molecule has 0 unspecified atom stereocenters. The Morgan fingerprint density at radius 1 is 1.53 bits per heavy atom. The van der Waals surface area contributed by atoms with Crippen molar-refractivity contribution in [1.29, 1.82) is 0 Å². The van der Waals surface area contributed by atoms with Gasteiger partial charge >= 0.3 is 5.97 Å². The first-order chi connectivity index (χ1) is 6.90. The standard InChI is InChI=1S/C12H13BrO2/c1-8-4-3-5-9(6-8)11(2)7-12(11,13)10(14)15/h3-6H,7H2,1-2H3,(H,14,15)/t11-,12-/m0/s1. The summed E-state index contributed by atoms with van der Waals surface area (Å²) in [7, 11) is 0. The molecule has 1 saturated carbocycles. The summed E-state index contributed by atoms with van der Waals surface area (Å²) < 4.78 is -0.770. The number of rotatable bonds is 2. The van der Waals surface area contributed by atoms with Crippen molar-refractivity contribution >= 4 is 21.9 Å². The van der Waals surface area contributed by atoms with Crippen molar-refractivity contribution in [2.24, 2.45) is 0 Å². The van der Waals surface area contributed by atoms with E-state index >= 15 is 0 Å². The van der Waals surface area contributed by atoms with E-state index in [-0.39, 0.29) is 5.41 Å². The number of benzene rings is 1. The van der Waals surface area contributed by atoms with E-state index in [4.69, 9.17) is 5.11 Å². The summed E-state index contributed by atoms with van der Waals surface area (Å²) >= 11 is 3.34. The fraction of sp³-hybridized carbons (Fsp3) is 0.417. The number of carboxylic acid groups (broad SMARTS) is 1. The Morgan fingerprint density at radius 3 is 2.67 bits per heavy atom. The molecule has 2 atom stereocenters. The molecule has 2 nitrogen and oxygen atoms in total. The first-order valence-corrected chi connectivity index (χ1v) is 5.69. The molecule has 15 heavy (non-hydrogen) atoms. The van der Waals surface area contributed by atoms with Gasteiger partial charge in [-0.3, -0.25) is 4.79 Å². The molecule has 0 amide bonds. The lowest BCUT2D eigenvalue weighted by atomic mass is 9.94. The Kier molecular flexibility index (Phi) is 2.19. The van der Waals surface area contributed by atoms with E-state index in [1.54, 1.807) is 0 Å². The van der Waals surface area contributed by atoms with Crippen LogP contribution in [0.5, 0.6) is 0 Å². The minimum atomic E-state index is -0.772. The van der Waals surface area contributed by atoms with Gasteiger partial charge < -0.3 is 5.11 Å². The summed E-state index contributed by atoms with van der Waals surface area (Å²) in [5.74, 6) is -0.772. The van der Waals surface area contributed by atoms with Gasteiger partial charge in [0.15, 0.2) is 0 Å². The number of hydrogen-bond donors (Lipinski definition) is 1. The summed E-state index contributed by atoms with van der Waals surface area (Å²) in [6, 6.07) is 8.06. The van der Waals surface area contributed by atoms with E-state index < -0.39 is 10.3 Å². The molecule has 1 aromatic rings. The van der Waals surface area contributed by atoms with Gasteiger partial charge in [-0.25, -0.2) is 0 Å². The van der Waals surface area contributed by atoms with Crippen molar-refractivity contribution in [2.75, 3.05) is 0 Å². The van der Waals surface area contributed by atoms with E-state index in [1.165, 1.54) is 5.56 Å². The molecule has 0 heterocycles. The lowest BCUT2D eigenvalue weighted by Gasteiger charge is -2.14. The van der Waals surface area contributed by atoms with Crippen LogP contribution >= 0.6 is 15.9 Å². The van der Waals surface area contributed by atoms with Crippen LogP contribution < -0.4 is 0 Å². The predicted molar refractivity (Wildman–Crippen MR) is 62.4 cm³/mol.